The maximum absolute atomic E-state index is 13.2. The van der Waals surface area contributed by atoms with Crippen molar-refractivity contribution >= 4 is 5.96 Å². The van der Waals surface area contributed by atoms with Crippen LogP contribution in [0.5, 0.6) is 0 Å². The van der Waals surface area contributed by atoms with Gasteiger partial charge in [0.25, 0.3) is 0 Å². The monoisotopic (exact) mass is 337 g/mol. The highest BCUT2D eigenvalue weighted by Gasteiger charge is 2.15. The van der Waals surface area contributed by atoms with Gasteiger partial charge in [-0.05, 0) is 30.5 Å². The molecule has 1 aliphatic heterocycles. The minimum atomic E-state index is -0.214. The second-order valence-electron chi connectivity index (χ2n) is 6.12. The number of nitrogens with zero attached hydrogens (tertiary/aromatic N) is 2. The summed E-state index contributed by atoms with van der Waals surface area (Å²) < 4.78 is 24.3. The highest BCUT2D eigenvalue weighted by atomic mass is 19.1. The number of hydrogen-bond acceptors (Lipinski definition) is 3. The van der Waals surface area contributed by atoms with Gasteiger partial charge in [-0.2, -0.15) is 0 Å². The number of aliphatic imine (C=N–C) groups is 1. The molecule has 1 aromatic rings. The van der Waals surface area contributed by atoms with Gasteiger partial charge in [-0.1, -0.05) is 12.1 Å². The van der Waals surface area contributed by atoms with Crippen molar-refractivity contribution in [2.75, 3.05) is 47.1 Å². The molecule has 1 aromatic carbocycles. The topological polar surface area (TPSA) is 46.1 Å². The zero-order valence-electron chi connectivity index (χ0n) is 14.6. The molecule has 0 bridgehead atoms. The van der Waals surface area contributed by atoms with Crippen LogP contribution in [0.1, 0.15) is 18.4 Å². The molecule has 0 aliphatic carbocycles. The first-order valence-corrected chi connectivity index (χ1v) is 8.50. The SMILES string of the molecule is CN=C(NCCCOCC1CCOC1)N(C)Cc1cccc(F)c1. The van der Waals surface area contributed by atoms with E-state index in [0.717, 1.165) is 57.3 Å². The van der Waals surface area contributed by atoms with Gasteiger partial charge in [-0.15, -0.1) is 0 Å². The molecular formula is C18H28FN3O2. The Labute approximate surface area is 143 Å². The number of ether oxygens (including phenoxy) is 2. The van der Waals surface area contributed by atoms with E-state index < -0.39 is 0 Å². The summed E-state index contributed by atoms with van der Waals surface area (Å²) in [7, 11) is 3.69. The first kappa shape index (κ1) is 18.7. The van der Waals surface area contributed by atoms with Gasteiger partial charge in [0, 0.05) is 46.3 Å². The van der Waals surface area contributed by atoms with E-state index in [2.05, 4.69) is 10.3 Å². The molecule has 0 saturated carbocycles. The Morgan fingerprint density at radius 2 is 2.38 bits per heavy atom. The lowest BCUT2D eigenvalue weighted by Gasteiger charge is -2.22. The van der Waals surface area contributed by atoms with E-state index in [1.807, 2.05) is 18.0 Å². The second kappa shape index (κ2) is 10.3. The molecule has 6 heteroatoms. The summed E-state index contributed by atoms with van der Waals surface area (Å²) in [6.07, 6.45) is 2.02. The number of nitrogens with one attached hydrogen (secondary N) is 1. The van der Waals surface area contributed by atoms with E-state index in [9.17, 15) is 4.39 Å². The molecule has 24 heavy (non-hydrogen) atoms. The molecule has 1 atom stereocenters. The lowest BCUT2D eigenvalue weighted by atomic mass is 10.1. The van der Waals surface area contributed by atoms with Crippen molar-refractivity contribution in [2.45, 2.75) is 19.4 Å². The fourth-order valence-corrected chi connectivity index (χ4v) is 2.71. The molecule has 1 heterocycles. The van der Waals surface area contributed by atoms with Crippen molar-refractivity contribution in [3.8, 4) is 0 Å². The van der Waals surface area contributed by atoms with E-state index >= 15 is 0 Å². The van der Waals surface area contributed by atoms with Gasteiger partial charge in [0.15, 0.2) is 5.96 Å². The number of halogens is 1. The molecule has 2 rings (SSSR count). The number of hydrogen-bond donors (Lipinski definition) is 1. The summed E-state index contributed by atoms with van der Waals surface area (Å²) in [5, 5.41) is 3.31. The molecule has 134 valence electrons. The van der Waals surface area contributed by atoms with Gasteiger partial charge in [-0.3, -0.25) is 4.99 Å². The molecular weight excluding hydrogens is 309 g/mol. The van der Waals surface area contributed by atoms with Gasteiger partial charge < -0.3 is 19.7 Å². The molecule has 1 aliphatic rings. The predicted octanol–water partition coefficient (Wildman–Crippen LogP) is 2.28. The molecule has 0 amide bonds. The molecule has 1 saturated heterocycles. The maximum Gasteiger partial charge on any atom is 0.193 e. The van der Waals surface area contributed by atoms with E-state index in [1.165, 1.54) is 6.07 Å². The zero-order valence-corrected chi connectivity index (χ0v) is 14.6. The van der Waals surface area contributed by atoms with Gasteiger partial charge in [0.05, 0.1) is 13.2 Å². The van der Waals surface area contributed by atoms with E-state index in [4.69, 9.17) is 9.47 Å². The standard InChI is InChI=1S/C18H28FN3O2/c1-20-18(22(2)12-15-5-3-6-17(19)11-15)21-8-4-9-23-13-16-7-10-24-14-16/h3,5-6,11,16H,4,7-10,12-14H2,1-2H3,(H,20,21). The highest BCUT2D eigenvalue weighted by Crippen LogP contribution is 2.12. The third kappa shape index (κ3) is 6.45. The van der Waals surface area contributed by atoms with Crippen molar-refractivity contribution in [3.63, 3.8) is 0 Å². The van der Waals surface area contributed by atoms with Crippen LogP contribution in [0.4, 0.5) is 4.39 Å². The van der Waals surface area contributed by atoms with Crippen LogP contribution in [0.15, 0.2) is 29.3 Å². The minimum absolute atomic E-state index is 0.214. The summed E-state index contributed by atoms with van der Waals surface area (Å²) >= 11 is 0. The first-order chi connectivity index (χ1) is 11.7. The second-order valence-corrected chi connectivity index (χ2v) is 6.12. The Hall–Kier alpha value is -1.66. The summed E-state index contributed by atoms with van der Waals surface area (Å²) in [5.74, 6) is 1.14. The van der Waals surface area contributed by atoms with Gasteiger partial charge >= 0.3 is 0 Å². The normalized spacial score (nSPS) is 18.0. The van der Waals surface area contributed by atoms with Crippen LogP contribution in [0.25, 0.3) is 0 Å². The third-order valence-corrected chi connectivity index (χ3v) is 4.01. The Morgan fingerprint density at radius 1 is 1.50 bits per heavy atom. The van der Waals surface area contributed by atoms with Crippen LogP contribution in [-0.4, -0.2) is 57.9 Å². The van der Waals surface area contributed by atoms with E-state index in [-0.39, 0.29) is 5.82 Å². The van der Waals surface area contributed by atoms with E-state index in [0.29, 0.717) is 12.5 Å². The Balaban J connectivity index is 1.62. The molecule has 0 spiro atoms. The lowest BCUT2D eigenvalue weighted by Crippen LogP contribution is -2.39. The Kier molecular flexibility index (Phi) is 7.98. The Morgan fingerprint density at radius 3 is 3.08 bits per heavy atom. The fourth-order valence-electron chi connectivity index (χ4n) is 2.71. The summed E-state index contributed by atoms with van der Waals surface area (Å²) in [4.78, 5) is 6.25. The summed E-state index contributed by atoms with van der Waals surface area (Å²) in [5.41, 5.74) is 0.919. The quantitative estimate of drug-likeness (QED) is 0.449. The molecule has 1 unspecified atom stereocenters. The number of guanidine groups is 1. The van der Waals surface area contributed by atoms with Crippen molar-refractivity contribution in [3.05, 3.63) is 35.6 Å². The zero-order chi connectivity index (χ0) is 17.2. The average molecular weight is 337 g/mol. The smallest absolute Gasteiger partial charge is 0.193 e. The molecule has 5 nitrogen and oxygen atoms in total. The van der Waals surface area contributed by atoms with Crippen LogP contribution >= 0.6 is 0 Å². The van der Waals surface area contributed by atoms with E-state index in [1.54, 1.807) is 19.2 Å². The summed E-state index contributed by atoms with van der Waals surface area (Å²) in [6, 6.07) is 6.63. The first-order valence-electron chi connectivity index (χ1n) is 8.50. The van der Waals surface area contributed by atoms with Crippen LogP contribution in [0, 0.1) is 11.7 Å². The Bertz CT molecular complexity index is 519. The minimum Gasteiger partial charge on any atom is -0.381 e. The fraction of sp³-hybridized carbons (Fsp3) is 0.611. The van der Waals surface area contributed by atoms with Gasteiger partial charge in [-0.25, -0.2) is 4.39 Å². The molecule has 0 aromatic heterocycles. The van der Waals surface area contributed by atoms with Gasteiger partial charge in [0.1, 0.15) is 5.82 Å². The number of rotatable bonds is 8. The molecule has 0 radical (unpaired) electrons. The van der Waals surface area contributed by atoms with Crippen LogP contribution in [0.3, 0.4) is 0 Å². The lowest BCUT2D eigenvalue weighted by molar-refractivity contribution is 0.0887. The van der Waals surface area contributed by atoms with Crippen LogP contribution in [0.2, 0.25) is 0 Å². The predicted molar refractivity (Wildman–Crippen MR) is 93.6 cm³/mol. The highest BCUT2D eigenvalue weighted by molar-refractivity contribution is 5.79. The summed E-state index contributed by atoms with van der Waals surface area (Å²) in [6.45, 7) is 4.61. The van der Waals surface area contributed by atoms with Crippen molar-refractivity contribution in [1.29, 1.82) is 0 Å². The average Bonchev–Trinajstić information content (AvgIpc) is 3.07. The van der Waals surface area contributed by atoms with Crippen LogP contribution < -0.4 is 5.32 Å². The third-order valence-electron chi connectivity index (χ3n) is 4.01. The van der Waals surface area contributed by atoms with Crippen molar-refractivity contribution in [1.82, 2.24) is 10.2 Å². The largest absolute Gasteiger partial charge is 0.381 e. The van der Waals surface area contributed by atoms with Crippen molar-refractivity contribution < 1.29 is 13.9 Å². The molecule has 1 N–H and O–H groups in total. The van der Waals surface area contributed by atoms with Gasteiger partial charge in [0.2, 0.25) is 0 Å². The van der Waals surface area contributed by atoms with Crippen LogP contribution in [-0.2, 0) is 16.0 Å². The number of benzene rings is 1. The molecule has 1 fully saturated rings. The maximum atomic E-state index is 13.2. The van der Waals surface area contributed by atoms with Crippen molar-refractivity contribution in [2.24, 2.45) is 10.9 Å².